The summed E-state index contributed by atoms with van der Waals surface area (Å²) in [5.41, 5.74) is 1.40. The van der Waals surface area contributed by atoms with Gasteiger partial charge in [0.25, 0.3) is 0 Å². The molecule has 0 spiro atoms. The molecule has 19 heavy (non-hydrogen) atoms. The maximum absolute atomic E-state index is 11.7. The number of allylic oxidation sites excluding steroid dienone is 1. The summed E-state index contributed by atoms with van der Waals surface area (Å²) in [4.78, 5) is 11.7. The maximum atomic E-state index is 11.7. The zero-order chi connectivity index (χ0) is 14.1. The van der Waals surface area contributed by atoms with Gasteiger partial charge in [0, 0.05) is 0 Å². The number of ether oxygens (including phenoxy) is 2. The van der Waals surface area contributed by atoms with Gasteiger partial charge in [-0.25, -0.2) is 4.79 Å². The molecule has 0 aromatic heterocycles. The summed E-state index contributed by atoms with van der Waals surface area (Å²) in [6.07, 6.45) is 8.68. The first-order valence-corrected chi connectivity index (χ1v) is 6.65. The summed E-state index contributed by atoms with van der Waals surface area (Å²) in [5, 5.41) is 0. The molecule has 0 saturated carbocycles. The van der Waals surface area contributed by atoms with Crippen LogP contribution >= 0.6 is 0 Å². The first-order chi connectivity index (χ1) is 9.22. The minimum Gasteiger partial charge on any atom is -0.497 e. The Morgan fingerprint density at radius 3 is 2.68 bits per heavy atom. The van der Waals surface area contributed by atoms with Crippen LogP contribution in [0.2, 0.25) is 0 Å². The van der Waals surface area contributed by atoms with E-state index in [1.54, 1.807) is 19.2 Å². The molecule has 0 aliphatic carbocycles. The largest absolute Gasteiger partial charge is 0.497 e. The van der Waals surface area contributed by atoms with Crippen LogP contribution in [0.3, 0.4) is 0 Å². The molecule has 0 aliphatic heterocycles. The van der Waals surface area contributed by atoms with E-state index in [0.29, 0.717) is 5.56 Å². The van der Waals surface area contributed by atoms with E-state index in [0.717, 1.165) is 17.7 Å². The second-order valence-corrected chi connectivity index (χ2v) is 4.34. The standard InChI is InChI=1S/C16H22O3/c1-4-5-6-7-8-9-13-12-14(18-2)10-11-15(13)16(17)19-3/h8-12H,4-7H2,1-3H3/b9-8+. The van der Waals surface area contributed by atoms with Crippen LogP contribution in [-0.2, 0) is 4.74 Å². The fourth-order valence-corrected chi connectivity index (χ4v) is 1.82. The van der Waals surface area contributed by atoms with Crippen LogP contribution in [0.5, 0.6) is 5.75 Å². The molecule has 1 rings (SSSR count). The van der Waals surface area contributed by atoms with Gasteiger partial charge in [0.1, 0.15) is 5.75 Å². The van der Waals surface area contributed by atoms with E-state index >= 15 is 0 Å². The highest BCUT2D eigenvalue weighted by Gasteiger charge is 2.10. The van der Waals surface area contributed by atoms with E-state index < -0.39 is 0 Å². The van der Waals surface area contributed by atoms with Crippen molar-refractivity contribution >= 4 is 12.0 Å². The first-order valence-electron chi connectivity index (χ1n) is 6.65. The molecule has 0 fully saturated rings. The SMILES string of the molecule is CCCCC/C=C/c1cc(OC)ccc1C(=O)OC. The predicted molar refractivity (Wildman–Crippen MR) is 77.5 cm³/mol. The topological polar surface area (TPSA) is 35.5 Å². The molecule has 0 unspecified atom stereocenters. The van der Waals surface area contributed by atoms with Crippen LogP contribution in [0.1, 0.15) is 48.5 Å². The fourth-order valence-electron chi connectivity index (χ4n) is 1.82. The lowest BCUT2D eigenvalue weighted by Crippen LogP contribution is -2.03. The number of benzene rings is 1. The molecule has 1 aromatic rings. The zero-order valence-corrected chi connectivity index (χ0v) is 11.9. The predicted octanol–water partition coefficient (Wildman–Crippen LogP) is 4.08. The molecule has 0 amide bonds. The second kappa shape index (κ2) is 8.35. The normalized spacial score (nSPS) is 10.7. The monoisotopic (exact) mass is 262 g/mol. The molecule has 0 radical (unpaired) electrons. The molecule has 0 bridgehead atoms. The van der Waals surface area contributed by atoms with Crippen molar-refractivity contribution in [3.8, 4) is 5.75 Å². The van der Waals surface area contributed by atoms with Crippen LogP contribution in [0.4, 0.5) is 0 Å². The van der Waals surface area contributed by atoms with Crippen molar-refractivity contribution < 1.29 is 14.3 Å². The molecule has 0 saturated heterocycles. The van der Waals surface area contributed by atoms with Crippen molar-refractivity contribution in [1.82, 2.24) is 0 Å². The molecule has 0 N–H and O–H groups in total. The lowest BCUT2D eigenvalue weighted by Gasteiger charge is -2.06. The fraction of sp³-hybridized carbons (Fsp3) is 0.438. The van der Waals surface area contributed by atoms with Crippen LogP contribution in [0.15, 0.2) is 24.3 Å². The number of esters is 1. The quantitative estimate of drug-likeness (QED) is 0.548. The smallest absolute Gasteiger partial charge is 0.338 e. The molecule has 0 aliphatic rings. The molecule has 1 aromatic carbocycles. The summed E-state index contributed by atoms with van der Waals surface area (Å²) in [5.74, 6) is 0.414. The van der Waals surface area contributed by atoms with Gasteiger partial charge in [-0.15, -0.1) is 0 Å². The van der Waals surface area contributed by atoms with E-state index in [-0.39, 0.29) is 5.97 Å². The third-order valence-corrected chi connectivity index (χ3v) is 2.94. The van der Waals surface area contributed by atoms with E-state index in [1.165, 1.54) is 26.4 Å². The van der Waals surface area contributed by atoms with Gasteiger partial charge in [-0.1, -0.05) is 31.9 Å². The minimum absolute atomic E-state index is 0.323. The van der Waals surface area contributed by atoms with Crippen molar-refractivity contribution in [2.45, 2.75) is 32.6 Å². The first kappa shape index (κ1) is 15.3. The van der Waals surface area contributed by atoms with Gasteiger partial charge in [-0.2, -0.15) is 0 Å². The van der Waals surface area contributed by atoms with Crippen molar-refractivity contribution in [1.29, 1.82) is 0 Å². The highest BCUT2D eigenvalue weighted by atomic mass is 16.5. The lowest BCUT2D eigenvalue weighted by molar-refractivity contribution is 0.0600. The summed E-state index contributed by atoms with van der Waals surface area (Å²) < 4.78 is 9.96. The van der Waals surface area contributed by atoms with Crippen molar-refractivity contribution in [3.63, 3.8) is 0 Å². The summed E-state index contributed by atoms with van der Waals surface area (Å²) in [6, 6.07) is 5.35. The van der Waals surface area contributed by atoms with E-state index in [4.69, 9.17) is 9.47 Å². The van der Waals surface area contributed by atoms with Crippen molar-refractivity contribution in [2.24, 2.45) is 0 Å². The maximum Gasteiger partial charge on any atom is 0.338 e. The van der Waals surface area contributed by atoms with Gasteiger partial charge in [0.2, 0.25) is 0 Å². The van der Waals surface area contributed by atoms with Crippen LogP contribution < -0.4 is 4.74 Å². The number of methoxy groups -OCH3 is 2. The Hall–Kier alpha value is -1.77. The molecule has 0 heterocycles. The second-order valence-electron chi connectivity index (χ2n) is 4.34. The Balaban J connectivity index is 2.85. The average Bonchev–Trinajstić information content (AvgIpc) is 2.46. The van der Waals surface area contributed by atoms with E-state index in [2.05, 4.69) is 13.0 Å². The Morgan fingerprint density at radius 2 is 2.05 bits per heavy atom. The highest BCUT2D eigenvalue weighted by Crippen LogP contribution is 2.20. The van der Waals surface area contributed by atoms with Crippen LogP contribution in [0.25, 0.3) is 6.08 Å². The van der Waals surface area contributed by atoms with Gasteiger partial charge in [-0.05, 0) is 36.6 Å². The van der Waals surface area contributed by atoms with Crippen molar-refractivity contribution in [3.05, 3.63) is 35.4 Å². The Kier molecular flexibility index (Phi) is 6.72. The Labute approximate surface area is 115 Å². The summed E-state index contributed by atoms with van der Waals surface area (Å²) in [7, 11) is 3.00. The van der Waals surface area contributed by atoms with Gasteiger partial charge in [0.15, 0.2) is 0 Å². The van der Waals surface area contributed by atoms with Gasteiger partial charge in [-0.3, -0.25) is 0 Å². The van der Waals surface area contributed by atoms with E-state index in [1.807, 2.05) is 12.1 Å². The Morgan fingerprint density at radius 1 is 1.26 bits per heavy atom. The zero-order valence-electron chi connectivity index (χ0n) is 11.9. The number of rotatable bonds is 7. The van der Waals surface area contributed by atoms with Crippen LogP contribution in [-0.4, -0.2) is 20.2 Å². The van der Waals surface area contributed by atoms with Crippen LogP contribution in [0, 0.1) is 0 Å². The number of carbonyl (C=O) groups excluding carboxylic acids is 1. The number of carbonyl (C=O) groups is 1. The third kappa shape index (κ3) is 4.78. The summed E-state index contributed by atoms with van der Waals surface area (Å²) >= 11 is 0. The third-order valence-electron chi connectivity index (χ3n) is 2.94. The number of hydrogen-bond acceptors (Lipinski definition) is 3. The van der Waals surface area contributed by atoms with Gasteiger partial charge in [0.05, 0.1) is 19.8 Å². The minimum atomic E-state index is -0.323. The number of hydrogen-bond donors (Lipinski definition) is 0. The van der Waals surface area contributed by atoms with Gasteiger partial charge >= 0.3 is 5.97 Å². The summed E-state index contributed by atoms with van der Waals surface area (Å²) in [6.45, 7) is 2.18. The number of unbranched alkanes of at least 4 members (excludes halogenated alkanes) is 3. The molecule has 104 valence electrons. The lowest BCUT2D eigenvalue weighted by atomic mass is 10.1. The van der Waals surface area contributed by atoms with Crippen molar-refractivity contribution in [2.75, 3.05) is 14.2 Å². The molecular formula is C16H22O3. The molecule has 3 nitrogen and oxygen atoms in total. The molecule has 3 heteroatoms. The van der Waals surface area contributed by atoms with E-state index in [9.17, 15) is 4.79 Å². The average molecular weight is 262 g/mol. The Bertz CT molecular complexity index is 436. The highest BCUT2D eigenvalue weighted by molar-refractivity contribution is 5.93. The van der Waals surface area contributed by atoms with Gasteiger partial charge < -0.3 is 9.47 Å². The molecular weight excluding hydrogens is 240 g/mol. The molecule has 0 atom stereocenters.